The third kappa shape index (κ3) is 10.0. The second kappa shape index (κ2) is 15.7. The number of guanidine groups is 1. The Balaban J connectivity index is 0.00000512. The Morgan fingerprint density at radius 1 is 1.09 bits per heavy atom. The number of carbonyl (C=O) groups excluding carboxylic acids is 2. The maximum absolute atomic E-state index is 12.1. The number of rotatable bonds is 10. The van der Waals surface area contributed by atoms with E-state index in [1.54, 1.807) is 18.2 Å². The summed E-state index contributed by atoms with van der Waals surface area (Å²) in [6.07, 6.45) is 2.83. The van der Waals surface area contributed by atoms with Gasteiger partial charge in [0.2, 0.25) is 5.91 Å². The van der Waals surface area contributed by atoms with Gasteiger partial charge in [-0.3, -0.25) is 19.5 Å². The molecule has 0 unspecified atom stereocenters. The fourth-order valence-corrected chi connectivity index (χ4v) is 3.37. The number of nitrogens with zero attached hydrogens (tertiary/aromatic N) is 2. The minimum atomic E-state index is -0.318. The van der Waals surface area contributed by atoms with Crippen LogP contribution in [0.4, 0.5) is 0 Å². The van der Waals surface area contributed by atoms with Gasteiger partial charge in [0.25, 0.3) is 5.91 Å². The molecular weight excluding hydrogens is 523 g/mol. The highest BCUT2D eigenvalue weighted by molar-refractivity contribution is 14.0. The fourth-order valence-electron chi connectivity index (χ4n) is 3.37. The number of aromatic hydroxyl groups is 1. The quantitative estimate of drug-likeness (QED) is 0.127. The lowest BCUT2D eigenvalue weighted by molar-refractivity contribution is -0.122. The van der Waals surface area contributed by atoms with Gasteiger partial charge >= 0.3 is 0 Å². The zero-order valence-electron chi connectivity index (χ0n) is 19.0. The Bertz CT molecular complexity index is 738. The second-order valence-electron chi connectivity index (χ2n) is 7.58. The number of benzene rings is 1. The van der Waals surface area contributed by atoms with E-state index >= 15 is 0 Å². The number of para-hydroxylation sites is 1. The highest BCUT2D eigenvalue weighted by Crippen LogP contribution is 2.14. The van der Waals surface area contributed by atoms with Crippen molar-refractivity contribution in [3.05, 3.63) is 29.8 Å². The summed E-state index contributed by atoms with van der Waals surface area (Å²) in [5.41, 5.74) is 0.256. The molecule has 1 aliphatic heterocycles. The molecule has 2 amide bonds. The van der Waals surface area contributed by atoms with Crippen molar-refractivity contribution >= 4 is 41.8 Å². The molecule has 1 aromatic rings. The number of phenolic OH excluding ortho intramolecular Hbond substituents is 1. The summed E-state index contributed by atoms with van der Waals surface area (Å²) >= 11 is 0. The maximum atomic E-state index is 12.1. The Hall–Kier alpha value is -2.08. The molecule has 180 valence electrons. The zero-order chi connectivity index (χ0) is 22.5. The average molecular weight is 560 g/mol. The first-order valence-electron chi connectivity index (χ1n) is 11.1. The first-order valence-corrected chi connectivity index (χ1v) is 11.1. The Labute approximate surface area is 207 Å². The van der Waals surface area contributed by atoms with Crippen molar-refractivity contribution < 1.29 is 14.7 Å². The van der Waals surface area contributed by atoms with Crippen molar-refractivity contribution in [1.29, 1.82) is 0 Å². The van der Waals surface area contributed by atoms with Crippen LogP contribution in [0.5, 0.6) is 5.75 Å². The molecule has 5 N–H and O–H groups in total. The van der Waals surface area contributed by atoms with Crippen LogP contribution in [-0.2, 0) is 4.79 Å². The molecule has 1 aromatic carbocycles. The summed E-state index contributed by atoms with van der Waals surface area (Å²) in [7, 11) is 0. The van der Waals surface area contributed by atoms with E-state index in [1.807, 2.05) is 13.8 Å². The summed E-state index contributed by atoms with van der Waals surface area (Å²) in [5.74, 6) is 0.460. The highest BCUT2D eigenvalue weighted by atomic mass is 127. The average Bonchev–Trinajstić information content (AvgIpc) is 2.77. The number of likely N-dealkylation sites (tertiary alicyclic amines) is 1. The van der Waals surface area contributed by atoms with Crippen LogP contribution in [0, 0.1) is 0 Å². The van der Waals surface area contributed by atoms with Crippen molar-refractivity contribution in [2.24, 2.45) is 4.99 Å². The van der Waals surface area contributed by atoms with Gasteiger partial charge in [0.1, 0.15) is 5.75 Å². The van der Waals surface area contributed by atoms with E-state index in [0.29, 0.717) is 25.7 Å². The molecule has 0 aromatic heterocycles. The highest BCUT2D eigenvalue weighted by Gasteiger charge is 2.21. The molecule has 1 fully saturated rings. The SMILES string of the molecule is CCCNC(=O)CN1CCC(NC(=NCCNC(=O)c2ccccc2O)NCC)CC1.I. The monoisotopic (exact) mass is 560 g/mol. The number of nitrogens with one attached hydrogen (secondary N) is 4. The molecule has 0 radical (unpaired) electrons. The van der Waals surface area contributed by atoms with E-state index < -0.39 is 0 Å². The van der Waals surface area contributed by atoms with E-state index in [4.69, 9.17) is 0 Å². The molecule has 0 spiro atoms. The number of piperidine rings is 1. The van der Waals surface area contributed by atoms with Crippen LogP contribution in [0.15, 0.2) is 29.3 Å². The number of amides is 2. The number of aliphatic imine (C=N–C) groups is 1. The molecule has 9 nitrogen and oxygen atoms in total. The number of hydrogen-bond donors (Lipinski definition) is 5. The van der Waals surface area contributed by atoms with Gasteiger partial charge in [0, 0.05) is 38.8 Å². The molecule has 2 rings (SSSR count). The van der Waals surface area contributed by atoms with Crippen molar-refractivity contribution in [3.8, 4) is 5.75 Å². The third-order valence-corrected chi connectivity index (χ3v) is 5.03. The molecule has 10 heteroatoms. The van der Waals surface area contributed by atoms with Crippen LogP contribution in [-0.4, -0.2) is 79.6 Å². The zero-order valence-corrected chi connectivity index (χ0v) is 21.4. The third-order valence-electron chi connectivity index (χ3n) is 5.03. The van der Waals surface area contributed by atoms with Gasteiger partial charge in [-0.2, -0.15) is 0 Å². The lowest BCUT2D eigenvalue weighted by Crippen LogP contribution is -2.50. The van der Waals surface area contributed by atoms with E-state index in [-0.39, 0.29) is 47.1 Å². The van der Waals surface area contributed by atoms with Gasteiger partial charge in [-0.15, -0.1) is 24.0 Å². The lowest BCUT2D eigenvalue weighted by atomic mass is 10.1. The first kappa shape index (κ1) is 28.0. The summed E-state index contributed by atoms with van der Waals surface area (Å²) in [6.45, 7) is 8.51. The molecule has 0 aliphatic carbocycles. The van der Waals surface area contributed by atoms with Gasteiger partial charge in [-0.25, -0.2) is 0 Å². The summed E-state index contributed by atoms with van der Waals surface area (Å²) in [5, 5.41) is 22.1. The molecule has 1 saturated heterocycles. The van der Waals surface area contributed by atoms with Crippen LogP contribution < -0.4 is 21.3 Å². The largest absolute Gasteiger partial charge is 0.507 e. The second-order valence-corrected chi connectivity index (χ2v) is 7.58. The number of carbonyl (C=O) groups is 2. The molecule has 1 aliphatic rings. The molecule has 0 atom stereocenters. The van der Waals surface area contributed by atoms with Crippen LogP contribution in [0.3, 0.4) is 0 Å². The van der Waals surface area contributed by atoms with Crippen molar-refractivity contribution in [2.75, 3.05) is 45.8 Å². The van der Waals surface area contributed by atoms with Crippen LogP contribution in [0.1, 0.15) is 43.5 Å². The van der Waals surface area contributed by atoms with Crippen LogP contribution in [0.2, 0.25) is 0 Å². The fraction of sp³-hybridized carbons (Fsp3) is 0.591. The smallest absolute Gasteiger partial charge is 0.255 e. The lowest BCUT2D eigenvalue weighted by Gasteiger charge is -2.32. The summed E-state index contributed by atoms with van der Waals surface area (Å²) in [4.78, 5) is 30.7. The van der Waals surface area contributed by atoms with Crippen LogP contribution >= 0.6 is 24.0 Å². The Morgan fingerprint density at radius 2 is 1.81 bits per heavy atom. The topological polar surface area (TPSA) is 118 Å². The van der Waals surface area contributed by atoms with Gasteiger partial charge < -0.3 is 26.4 Å². The van der Waals surface area contributed by atoms with Gasteiger partial charge in [0.05, 0.1) is 18.7 Å². The summed E-state index contributed by atoms with van der Waals surface area (Å²) in [6, 6.07) is 6.76. The predicted octanol–water partition coefficient (Wildman–Crippen LogP) is 1.29. The van der Waals surface area contributed by atoms with Crippen molar-refractivity contribution in [3.63, 3.8) is 0 Å². The number of phenols is 1. The molecule has 1 heterocycles. The van der Waals surface area contributed by atoms with E-state index in [2.05, 4.69) is 31.2 Å². The maximum Gasteiger partial charge on any atom is 0.255 e. The molecule has 32 heavy (non-hydrogen) atoms. The normalized spacial score (nSPS) is 14.9. The van der Waals surface area contributed by atoms with Gasteiger partial charge in [-0.1, -0.05) is 19.1 Å². The number of halogens is 1. The van der Waals surface area contributed by atoms with Gasteiger partial charge in [0.15, 0.2) is 5.96 Å². The molecule has 0 saturated carbocycles. The Kier molecular flexibility index (Phi) is 13.7. The standard InChI is InChI=1S/C22H36N6O3.HI/c1-3-11-24-20(30)16-28-14-9-17(10-15-28)27-22(23-4-2)26-13-12-25-21(31)18-7-5-6-8-19(18)29;/h5-8,17,29H,3-4,9-16H2,1-2H3,(H,24,30)(H,25,31)(H2,23,26,27);1H. The van der Waals surface area contributed by atoms with Crippen molar-refractivity contribution in [2.45, 2.75) is 39.2 Å². The Morgan fingerprint density at radius 3 is 2.47 bits per heavy atom. The van der Waals surface area contributed by atoms with Gasteiger partial charge in [-0.05, 0) is 38.3 Å². The van der Waals surface area contributed by atoms with E-state index in [9.17, 15) is 14.7 Å². The van der Waals surface area contributed by atoms with E-state index in [0.717, 1.165) is 51.4 Å². The minimum Gasteiger partial charge on any atom is -0.507 e. The minimum absolute atomic E-state index is 0. The number of hydrogen-bond acceptors (Lipinski definition) is 5. The molecular formula is C22H37IN6O3. The van der Waals surface area contributed by atoms with Crippen molar-refractivity contribution in [1.82, 2.24) is 26.2 Å². The molecule has 0 bridgehead atoms. The van der Waals surface area contributed by atoms with E-state index in [1.165, 1.54) is 6.07 Å². The first-order chi connectivity index (χ1) is 15.0. The summed E-state index contributed by atoms with van der Waals surface area (Å²) < 4.78 is 0. The van der Waals surface area contributed by atoms with Crippen LogP contribution in [0.25, 0.3) is 0 Å². The predicted molar refractivity (Wildman–Crippen MR) is 138 cm³/mol.